The molecule has 20 heavy (non-hydrogen) atoms. The van der Waals surface area contributed by atoms with Crippen molar-refractivity contribution >= 4 is 21.7 Å². The molecule has 1 aromatic carbocycles. The highest BCUT2D eigenvalue weighted by atomic mass is 79.9. The molecule has 0 spiro atoms. The van der Waals surface area contributed by atoms with Crippen LogP contribution in [0.1, 0.15) is 12.5 Å². The summed E-state index contributed by atoms with van der Waals surface area (Å²) in [6.45, 7) is 3.15. The number of rotatable bonds is 6. The van der Waals surface area contributed by atoms with Gasteiger partial charge >= 0.3 is 0 Å². The Bertz CT molecular complexity index is 578. The van der Waals surface area contributed by atoms with E-state index < -0.39 is 0 Å². The molecule has 5 nitrogen and oxygen atoms in total. The summed E-state index contributed by atoms with van der Waals surface area (Å²) in [6.07, 6.45) is 1.46. The summed E-state index contributed by atoms with van der Waals surface area (Å²) in [5, 5.41) is 3.11. The minimum absolute atomic E-state index is 0.415. The molecule has 2 rings (SSSR count). The predicted molar refractivity (Wildman–Crippen MR) is 81.2 cm³/mol. The van der Waals surface area contributed by atoms with Gasteiger partial charge in [0.2, 0.25) is 5.75 Å². The molecule has 0 radical (unpaired) electrons. The van der Waals surface area contributed by atoms with Crippen LogP contribution in [-0.4, -0.2) is 23.6 Å². The second-order valence-electron chi connectivity index (χ2n) is 4.01. The van der Waals surface area contributed by atoms with Gasteiger partial charge in [-0.15, -0.1) is 0 Å². The minimum atomic E-state index is 0.415. The van der Waals surface area contributed by atoms with Crippen molar-refractivity contribution in [2.75, 3.05) is 19.0 Å². The van der Waals surface area contributed by atoms with E-state index in [9.17, 15) is 0 Å². The molecule has 0 fully saturated rings. The number of ether oxygens (including phenoxy) is 2. The van der Waals surface area contributed by atoms with Crippen LogP contribution in [-0.2, 0) is 6.61 Å². The molecule has 0 aliphatic heterocycles. The number of nitrogens with one attached hydrogen (secondary N) is 1. The van der Waals surface area contributed by atoms with Gasteiger partial charge in [0.1, 0.15) is 12.9 Å². The zero-order valence-electron chi connectivity index (χ0n) is 11.4. The monoisotopic (exact) mass is 337 g/mol. The molecular formula is C14H16BrN3O2. The van der Waals surface area contributed by atoms with Gasteiger partial charge in [-0.3, -0.25) is 0 Å². The van der Waals surface area contributed by atoms with E-state index in [0.29, 0.717) is 24.1 Å². The Morgan fingerprint density at radius 3 is 2.85 bits per heavy atom. The van der Waals surface area contributed by atoms with Crippen molar-refractivity contribution in [3.8, 4) is 11.6 Å². The highest BCUT2D eigenvalue weighted by molar-refractivity contribution is 9.10. The van der Waals surface area contributed by atoms with E-state index in [-0.39, 0.29) is 0 Å². The van der Waals surface area contributed by atoms with E-state index >= 15 is 0 Å². The first-order valence-corrected chi connectivity index (χ1v) is 7.04. The number of halogens is 1. The molecule has 1 N–H and O–H groups in total. The number of aromatic nitrogens is 2. The second-order valence-corrected chi connectivity index (χ2v) is 4.93. The molecule has 0 unspecified atom stereocenters. The summed E-state index contributed by atoms with van der Waals surface area (Å²) >= 11 is 3.43. The maximum Gasteiger partial charge on any atom is 0.262 e. The van der Waals surface area contributed by atoms with Crippen molar-refractivity contribution in [1.82, 2.24) is 9.97 Å². The maximum atomic E-state index is 5.72. The fourth-order valence-electron chi connectivity index (χ4n) is 1.72. The van der Waals surface area contributed by atoms with Gasteiger partial charge in [0.25, 0.3) is 5.88 Å². The molecule has 0 amide bonds. The molecule has 0 saturated heterocycles. The van der Waals surface area contributed by atoms with Gasteiger partial charge < -0.3 is 14.8 Å². The molecule has 0 aliphatic rings. The number of anilines is 1. The lowest BCUT2D eigenvalue weighted by Gasteiger charge is -2.12. The Morgan fingerprint density at radius 2 is 2.15 bits per heavy atom. The zero-order valence-corrected chi connectivity index (χ0v) is 13.0. The van der Waals surface area contributed by atoms with Crippen molar-refractivity contribution < 1.29 is 9.47 Å². The third-order valence-electron chi connectivity index (χ3n) is 2.58. The summed E-state index contributed by atoms with van der Waals surface area (Å²) in [7, 11) is 1.57. The van der Waals surface area contributed by atoms with Crippen LogP contribution in [0.4, 0.5) is 5.82 Å². The average molecular weight is 338 g/mol. The molecule has 6 heteroatoms. The van der Waals surface area contributed by atoms with E-state index in [0.717, 1.165) is 16.6 Å². The van der Waals surface area contributed by atoms with Crippen molar-refractivity contribution in [3.05, 3.63) is 40.6 Å². The quantitative estimate of drug-likeness (QED) is 0.876. The third-order valence-corrected chi connectivity index (χ3v) is 3.08. The predicted octanol–water partition coefficient (Wildman–Crippen LogP) is 3.26. The van der Waals surface area contributed by atoms with E-state index in [1.165, 1.54) is 6.33 Å². The van der Waals surface area contributed by atoms with Crippen LogP contribution in [0, 0.1) is 0 Å². The van der Waals surface area contributed by atoms with Gasteiger partial charge in [0.15, 0.2) is 5.82 Å². The Hall–Kier alpha value is -1.82. The van der Waals surface area contributed by atoms with Crippen molar-refractivity contribution in [2.45, 2.75) is 13.5 Å². The fourth-order valence-corrected chi connectivity index (χ4v) is 2.16. The number of nitrogens with zero attached hydrogens (tertiary/aromatic N) is 2. The number of hydrogen-bond acceptors (Lipinski definition) is 5. The largest absolute Gasteiger partial charge is 0.489 e. The molecule has 2 aromatic rings. The minimum Gasteiger partial charge on any atom is -0.489 e. The van der Waals surface area contributed by atoms with Crippen LogP contribution in [0.15, 0.2) is 35.1 Å². The summed E-state index contributed by atoms with van der Waals surface area (Å²) in [5.41, 5.74) is 1.05. The fraction of sp³-hybridized carbons (Fsp3) is 0.286. The SMILES string of the molecule is CCNc1ncnc(OCc2cccc(Br)c2)c1OC. The van der Waals surface area contributed by atoms with Crippen molar-refractivity contribution in [2.24, 2.45) is 0 Å². The smallest absolute Gasteiger partial charge is 0.262 e. The third kappa shape index (κ3) is 3.60. The summed E-state index contributed by atoms with van der Waals surface area (Å²) in [5.74, 6) is 1.58. The number of hydrogen-bond donors (Lipinski definition) is 1. The van der Waals surface area contributed by atoms with Gasteiger partial charge in [-0.25, -0.2) is 4.98 Å². The average Bonchev–Trinajstić information content (AvgIpc) is 2.45. The lowest BCUT2D eigenvalue weighted by molar-refractivity contribution is 0.272. The normalized spacial score (nSPS) is 10.2. The van der Waals surface area contributed by atoms with E-state index in [2.05, 4.69) is 31.2 Å². The summed E-state index contributed by atoms with van der Waals surface area (Å²) in [4.78, 5) is 8.25. The van der Waals surface area contributed by atoms with Crippen LogP contribution in [0.5, 0.6) is 11.6 Å². The maximum absolute atomic E-state index is 5.72. The summed E-state index contributed by atoms with van der Waals surface area (Å²) in [6, 6.07) is 7.92. The zero-order chi connectivity index (χ0) is 14.4. The molecule has 0 bridgehead atoms. The topological polar surface area (TPSA) is 56.3 Å². The van der Waals surface area contributed by atoms with Crippen LogP contribution in [0.2, 0.25) is 0 Å². The van der Waals surface area contributed by atoms with Crippen molar-refractivity contribution in [3.63, 3.8) is 0 Å². The lowest BCUT2D eigenvalue weighted by atomic mass is 10.2. The second kappa shape index (κ2) is 7.09. The summed E-state index contributed by atoms with van der Waals surface area (Å²) < 4.78 is 12.1. The van der Waals surface area contributed by atoms with Gasteiger partial charge in [0, 0.05) is 11.0 Å². The molecule has 0 aliphatic carbocycles. The van der Waals surface area contributed by atoms with Crippen LogP contribution in [0.25, 0.3) is 0 Å². The highest BCUT2D eigenvalue weighted by Crippen LogP contribution is 2.31. The number of benzene rings is 1. The van der Waals surface area contributed by atoms with Gasteiger partial charge in [-0.2, -0.15) is 4.98 Å². The van der Waals surface area contributed by atoms with E-state index in [1.54, 1.807) is 7.11 Å². The molecule has 1 aromatic heterocycles. The Balaban J connectivity index is 2.14. The van der Waals surface area contributed by atoms with Crippen LogP contribution < -0.4 is 14.8 Å². The molecule has 0 saturated carbocycles. The van der Waals surface area contributed by atoms with Crippen molar-refractivity contribution in [1.29, 1.82) is 0 Å². The molecule has 106 valence electrons. The first kappa shape index (κ1) is 14.6. The molecule has 0 atom stereocenters. The lowest BCUT2D eigenvalue weighted by Crippen LogP contribution is -2.06. The molecule has 1 heterocycles. The Kier molecular flexibility index (Phi) is 5.17. The molecular weight excluding hydrogens is 322 g/mol. The van der Waals surface area contributed by atoms with E-state index in [1.807, 2.05) is 31.2 Å². The Labute approximate surface area is 126 Å². The Morgan fingerprint density at radius 1 is 1.30 bits per heavy atom. The number of methoxy groups -OCH3 is 1. The first-order valence-electron chi connectivity index (χ1n) is 6.24. The highest BCUT2D eigenvalue weighted by Gasteiger charge is 2.12. The van der Waals surface area contributed by atoms with Gasteiger partial charge in [0.05, 0.1) is 7.11 Å². The van der Waals surface area contributed by atoms with Crippen LogP contribution in [0.3, 0.4) is 0 Å². The van der Waals surface area contributed by atoms with Gasteiger partial charge in [-0.05, 0) is 24.6 Å². The van der Waals surface area contributed by atoms with Crippen LogP contribution >= 0.6 is 15.9 Å². The van der Waals surface area contributed by atoms with E-state index in [4.69, 9.17) is 9.47 Å². The van der Waals surface area contributed by atoms with Gasteiger partial charge in [-0.1, -0.05) is 28.1 Å². The standard InChI is InChI=1S/C14H16BrN3O2/c1-3-16-13-12(19-2)14(18-9-17-13)20-8-10-5-4-6-11(15)7-10/h4-7,9H,3,8H2,1-2H3,(H,16,17,18). The first-order chi connectivity index (χ1) is 9.74.